The van der Waals surface area contributed by atoms with Crippen LogP contribution in [0.3, 0.4) is 0 Å². The van der Waals surface area contributed by atoms with Gasteiger partial charge in [-0.05, 0) is 6.08 Å². The number of hydrogen-bond donors (Lipinski definition) is 20. The normalized spacial score (nSPS) is 39.6. The molecular formula is C39H61N3O49S6. The summed E-state index contributed by atoms with van der Waals surface area (Å²) in [5, 5.41) is 123. The average molecular weight is 1550 g/mol. The predicted octanol–water partition coefficient (Wildman–Crippen LogP) is -13.8. The molecule has 562 valence electrons. The molecule has 6 heterocycles. The van der Waals surface area contributed by atoms with Gasteiger partial charge >= 0.3 is 80.1 Å². The van der Waals surface area contributed by atoms with E-state index in [0.717, 1.165) is 14.0 Å². The van der Waals surface area contributed by atoms with Crippen molar-refractivity contribution in [2.45, 2.75) is 179 Å². The third-order valence-electron chi connectivity index (χ3n) is 14.0. The first kappa shape index (κ1) is 81.8. The van der Waals surface area contributed by atoms with Crippen LogP contribution >= 0.6 is 0 Å². The molecule has 52 nitrogen and oxygen atoms in total. The molecule has 20 N–H and O–H groups in total. The second kappa shape index (κ2) is 32.0. The molecule has 6 rings (SSSR count). The number of amides is 1. The largest absolute Gasteiger partial charge is 0.479 e. The van der Waals surface area contributed by atoms with Crippen LogP contribution in [0.2, 0.25) is 0 Å². The van der Waals surface area contributed by atoms with E-state index in [1.54, 1.807) is 0 Å². The number of carboxylic acid groups (broad SMARTS) is 3. The summed E-state index contributed by atoms with van der Waals surface area (Å²) in [6.07, 6.45) is -66.3. The molecule has 6 aliphatic rings. The SMILES string of the molecule is COC1O[C@H](COS(=O)(=O)O)[C@@H](O[C@@H]2O[C@@H](C(=O)O)[C@@H](O[C@H]3O[C@H](COS(=O)(=O)O)[C@@H](O[C@@H]4O[C@H](C(=O)O)[C@@H](O[C@H]5O[C@H](COS(=O)(=O)O)[C@@H](O[C@@H]6OC(C(=O)O)=C[C@H](O)[C@H]6O)[C@H](O)[C@H]5NC(C)=O)[C@H](O)[C@H]4O)[C@H](O)[C@H]3NS(=O)(=O)O)[C@H](O)[C@H]2OS(=O)(=O)O)[C@H](O)[C@H]1NS(=O)(=O)O. The lowest BCUT2D eigenvalue weighted by Gasteiger charge is -2.50. The summed E-state index contributed by atoms with van der Waals surface area (Å²) in [6, 6.07) is -7.43. The Morgan fingerprint density at radius 1 is 0.433 bits per heavy atom. The van der Waals surface area contributed by atoms with Gasteiger partial charge in [0.2, 0.25) is 18.0 Å². The molecule has 5 fully saturated rings. The maximum Gasteiger partial charge on any atom is 0.397 e. The van der Waals surface area contributed by atoms with E-state index >= 15 is 0 Å². The van der Waals surface area contributed by atoms with Crippen LogP contribution in [0.15, 0.2) is 11.8 Å². The molecule has 1 unspecified atom stereocenters. The van der Waals surface area contributed by atoms with Gasteiger partial charge < -0.3 is 118 Å². The van der Waals surface area contributed by atoms with E-state index in [2.05, 4.69) is 22.0 Å². The van der Waals surface area contributed by atoms with Crippen LogP contribution in [0.1, 0.15) is 6.92 Å². The van der Waals surface area contributed by atoms with Crippen molar-refractivity contribution in [3.63, 3.8) is 0 Å². The number of carbonyl (C=O) groups is 4. The minimum Gasteiger partial charge on any atom is -0.479 e. The van der Waals surface area contributed by atoms with Crippen molar-refractivity contribution >= 4 is 86.0 Å². The molecule has 1 amide bonds. The highest BCUT2D eigenvalue weighted by Crippen LogP contribution is 2.39. The molecule has 0 radical (unpaired) electrons. The Morgan fingerprint density at radius 2 is 0.804 bits per heavy atom. The number of aliphatic hydroxyl groups is 8. The standard InChI is InChI=1S/C39H61N3O49S6/c1-7(43)40-13-17(46)23(84-37-16(45)8(44)3-9(80-37)31(52)53)11(5-78-95(67,68)69)82-35(13)87-26-20(49)21(50)38(89-29(26)32(54)55)85-24-12(6-79-96(70,71)72)83-36(15(19(24)48)42-93(61,62)63)88-27-22(51)28(91-97(73,74)75)39(90-30(27)33(56)57)86-25-10(4-77-94(64,65)66)81-34(76-2)14(18(25)47)41-92(58,59)60/h3,8,10-30,34-39,41-42,44-51H,4-6H2,1-2H3,(H,40,43)(H,52,53)(H,54,55)(H,56,57)(H,58,59,60)(H,61,62,63)(H,64,65,66)(H,67,68,69)(H,70,71,72)(H,73,74,75)/t8-,10+,11+,12+,13+,14+,15+,16+,17+,18+,19+,20+,21+,22-,23+,24+,25+,26-,27-,28+,29-,30+,34?,35+,36+,37-,38+,39+/m0/s1. The minimum absolute atomic E-state index is 0.494. The van der Waals surface area contributed by atoms with Crippen LogP contribution in [0.4, 0.5) is 0 Å². The number of aliphatic carboxylic acids is 3. The molecule has 0 saturated carbocycles. The maximum atomic E-state index is 13.0. The van der Waals surface area contributed by atoms with E-state index in [1.165, 1.54) is 9.44 Å². The molecular weight excluding hydrogens is 1490 g/mol. The van der Waals surface area contributed by atoms with Gasteiger partial charge in [0.05, 0.1) is 19.8 Å². The predicted molar refractivity (Wildman–Crippen MR) is 282 cm³/mol. The van der Waals surface area contributed by atoms with Crippen molar-refractivity contribution in [1.82, 2.24) is 14.8 Å². The zero-order chi connectivity index (χ0) is 73.3. The smallest absolute Gasteiger partial charge is 0.397 e. The fourth-order valence-corrected chi connectivity index (χ4v) is 12.6. The fourth-order valence-electron chi connectivity index (χ4n) is 10.0. The highest BCUT2D eigenvalue weighted by atomic mass is 32.3. The molecule has 5 saturated heterocycles. The zero-order valence-corrected chi connectivity index (χ0v) is 52.9. The van der Waals surface area contributed by atoms with Crippen molar-refractivity contribution < 1.29 is 227 Å². The summed E-state index contributed by atoms with van der Waals surface area (Å²) in [7, 11) is -33.5. The van der Waals surface area contributed by atoms with Crippen molar-refractivity contribution in [2.24, 2.45) is 0 Å². The molecule has 28 atom stereocenters. The highest BCUT2D eigenvalue weighted by Gasteiger charge is 2.61. The topological polar surface area (TPSA) is 801 Å². The summed E-state index contributed by atoms with van der Waals surface area (Å²) in [5.41, 5.74) is 0. The lowest BCUT2D eigenvalue weighted by atomic mass is 9.94. The Balaban J connectivity index is 1.33. The van der Waals surface area contributed by atoms with Gasteiger partial charge in [-0.25, -0.2) is 31.1 Å². The van der Waals surface area contributed by atoms with Crippen LogP contribution in [-0.4, -0.2) is 357 Å². The summed E-state index contributed by atoms with van der Waals surface area (Å²) in [6.45, 7) is -4.06. The minimum atomic E-state index is -6.09. The molecule has 97 heavy (non-hydrogen) atoms. The second-order valence-corrected chi connectivity index (χ2v) is 27.4. The zero-order valence-electron chi connectivity index (χ0n) is 48.0. The van der Waals surface area contributed by atoms with Crippen molar-refractivity contribution in [1.29, 1.82) is 0 Å². The van der Waals surface area contributed by atoms with Crippen LogP contribution in [0.5, 0.6) is 0 Å². The van der Waals surface area contributed by atoms with Gasteiger partial charge in [0.25, 0.3) is 0 Å². The highest BCUT2D eigenvalue weighted by molar-refractivity contribution is 7.84. The first-order chi connectivity index (χ1) is 44.4. The molecule has 0 aromatic heterocycles. The number of methoxy groups -OCH3 is 1. The summed E-state index contributed by atoms with van der Waals surface area (Å²) in [4.78, 5) is 50.2. The van der Waals surface area contributed by atoms with E-state index in [0.29, 0.717) is 6.08 Å². The van der Waals surface area contributed by atoms with Crippen molar-refractivity contribution in [3.05, 3.63) is 11.8 Å². The number of hydrogen-bond acceptors (Lipinski definition) is 40. The molecule has 0 spiro atoms. The Labute approximate surface area is 543 Å². The van der Waals surface area contributed by atoms with E-state index in [9.17, 15) is 153 Å². The first-order valence-corrected chi connectivity index (χ1v) is 34.6. The van der Waals surface area contributed by atoms with E-state index in [-0.39, 0.29) is 0 Å². The number of rotatable bonds is 30. The number of nitrogens with one attached hydrogen (secondary N) is 3. The van der Waals surface area contributed by atoms with Crippen molar-refractivity contribution in [3.8, 4) is 0 Å². The van der Waals surface area contributed by atoms with Crippen LogP contribution in [0.25, 0.3) is 0 Å². The van der Waals surface area contributed by atoms with Gasteiger partial charge in [0, 0.05) is 14.0 Å². The molecule has 0 aliphatic carbocycles. The van der Waals surface area contributed by atoms with Crippen LogP contribution in [0, 0.1) is 0 Å². The monoisotopic (exact) mass is 1550 g/mol. The molecule has 0 bridgehead atoms. The van der Waals surface area contributed by atoms with E-state index in [1.807, 2.05) is 0 Å². The maximum absolute atomic E-state index is 13.0. The van der Waals surface area contributed by atoms with Gasteiger partial charge in [-0.15, -0.1) is 0 Å². The number of carboxylic acids is 3. The van der Waals surface area contributed by atoms with Gasteiger partial charge in [-0.1, -0.05) is 0 Å². The van der Waals surface area contributed by atoms with E-state index in [4.69, 9.17) is 56.8 Å². The summed E-state index contributed by atoms with van der Waals surface area (Å²) < 4.78 is 286. The third kappa shape index (κ3) is 22.2. The summed E-state index contributed by atoms with van der Waals surface area (Å²) >= 11 is 0. The lowest BCUT2D eigenvalue weighted by Crippen LogP contribution is -2.71. The third-order valence-corrected chi connectivity index (χ3v) is 16.9. The first-order valence-electron chi connectivity index (χ1n) is 26.2. The lowest BCUT2D eigenvalue weighted by molar-refractivity contribution is -0.375. The van der Waals surface area contributed by atoms with Gasteiger partial charge in [0.15, 0.2) is 49.8 Å². The molecule has 6 aliphatic heterocycles. The number of ether oxygens (including phenoxy) is 12. The Morgan fingerprint density at radius 3 is 1.20 bits per heavy atom. The van der Waals surface area contributed by atoms with Crippen molar-refractivity contribution in [2.75, 3.05) is 26.9 Å². The second-order valence-electron chi connectivity index (χ2n) is 20.7. The van der Waals surface area contributed by atoms with Gasteiger partial charge in [0.1, 0.15) is 116 Å². The Kier molecular flexibility index (Phi) is 27.0. The molecule has 0 aromatic rings. The van der Waals surface area contributed by atoms with Gasteiger partial charge in [-0.2, -0.15) is 60.0 Å². The quantitative estimate of drug-likeness (QED) is 0.0297. The van der Waals surface area contributed by atoms with E-state index < -0.39 is 283 Å². The molecule has 0 aromatic carbocycles. The Hall–Kier alpha value is -4.12. The fraction of sp³-hybridized carbons (Fsp3) is 0.846. The number of aliphatic hydroxyl groups excluding tert-OH is 8. The molecule has 58 heteroatoms. The van der Waals surface area contributed by atoms with Crippen LogP contribution < -0.4 is 14.8 Å². The number of carbonyl (C=O) groups excluding carboxylic acids is 1. The van der Waals surface area contributed by atoms with Gasteiger partial charge in [-0.3, -0.25) is 32.1 Å². The summed E-state index contributed by atoms with van der Waals surface area (Å²) in [5.74, 6) is -8.77. The van der Waals surface area contributed by atoms with Crippen LogP contribution in [-0.2, 0) is 155 Å². The Bertz CT molecular complexity index is 3530. The average Bonchev–Trinajstić information content (AvgIpc) is 0.769.